The van der Waals surface area contributed by atoms with Crippen LogP contribution >= 0.6 is 0 Å². The van der Waals surface area contributed by atoms with Crippen LogP contribution in [0.15, 0.2) is 47.8 Å². The van der Waals surface area contributed by atoms with E-state index in [9.17, 15) is 4.79 Å². The van der Waals surface area contributed by atoms with Crippen LogP contribution in [-0.4, -0.2) is 28.9 Å². The number of aromatic nitrogens is 6. The second kappa shape index (κ2) is 4.62. The number of hydrogen-bond acceptors (Lipinski definition) is 6. The molecule has 3 aromatic heterocycles. The number of nitrogens with zero attached hydrogens (tertiary/aromatic N) is 6. The largest absolute Gasteiger partial charge is 0.369 e. The normalized spacial score (nSPS) is 11.3. The minimum atomic E-state index is -0.370. The van der Waals surface area contributed by atoms with Crippen molar-refractivity contribution < 1.29 is 0 Å². The van der Waals surface area contributed by atoms with Crippen molar-refractivity contribution in [3.05, 3.63) is 58.9 Å². The minimum absolute atomic E-state index is 0.0435. The zero-order valence-corrected chi connectivity index (χ0v) is 11.4. The fraction of sp³-hybridized carbons (Fsp3) is 0.0714. The maximum absolute atomic E-state index is 12.5. The molecule has 108 valence electrons. The van der Waals surface area contributed by atoms with Crippen LogP contribution in [0.25, 0.3) is 16.9 Å². The van der Waals surface area contributed by atoms with Gasteiger partial charge < -0.3 is 10.3 Å². The van der Waals surface area contributed by atoms with Crippen LogP contribution in [0, 0.1) is 0 Å². The first-order valence-corrected chi connectivity index (χ1v) is 6.62. The molecule has 0 aliphatic carbocycles. The van der Waals surface area contributed by atoms with Crippen molar-refractivity contribution in [1.82, 2.24) is 28.9 Å². The molecule has 0 radical (unpaired) electrons. The molecule has 3 heterocycles. The summed E-state index contributed by atoms with van der Waals surface area (Å²) < 4.78 is 2.96. The molecule has 0 aliphatic heterocycles. The molecule has 4 aromatic rings. The molecule has 0 saturated heterocycles. The summed E-state index contributed by atoms with van der Waals surface area (Å²) in [6, 6.07) is 9.87. The number of imidazole rings is 1. The molecule has 0 saturated carbocycles. The first-order valence-electron chi connectivity index (χ1n) is 6.62. The molecule has 0 spiro atoms. The molecule has 0 amide bonds. The molecule has 4 rings (SSSR count). The lowest BCUT2D eigenvalue weighted by Crippen LogP contribution is -2.20. The third kappa shape index (κ3) is 1.81. The van der Waals surface area contributed by atoms with Crippen LogP contribution in [0.4, 0.5) is 5.95 Å². The fourth-order valence-electron chi connectivity index (χ4n) is 2.37. The zero-order chi connectivity index (χ0) is 15.1. The number of nitrogens with two attached hydrogens (primary N) is 1. The van der Waals surface area contributed by atoms with Gasteiger partial charge in [-0.05, 0) is 5.56 Å². The van der Waals surface area contributed by atoms with Crippen LogP contribution < -0.4 is 11.3 Å². The van der Waals surface area contributed by atoms with Crippen LogP contribution in [0.3, 0.4) is 0 Å². The molecule has 0 fully saturated rings. The summed E-state index contributed by atoms with van der Waals surface area (Å²) in [5.41, 5.74) is 7.16. The first-order chi connectivity index (χ1) is 10.7. The molecule has 0 aliphatic rings. The predicted octanol–water partition coefficient (Wildman–Crippen LogP) is 0.465. The fourth-order valence-corrected chi connectivity index (χ4v) is 2.37. The third-order valence-electron chi connectivity index (χ3n) is 3.41. The molecule has 22 heavy (non-hydrogen) atoms. The second-order valence-electron chi connectivity index (χ2n) is 4.81. The first kappa shape index (κ1) is 12.5. The van der Waals surface area contributed by atoms with Crippen molar-refractivity contribution >= 4 is 22.9 Å². The lowest BCUT2D eigenvalue weighted by molar-refractivity contribution is 0.812. The highest BCUT2D eigenvalue weighted by Gasteiger charge is 2.14. The Bertz CT molecular complexity index is 1040. The van der Waals surface area contributed by atoms with E-state index < -0.39 is 0 Å². The Balaban J connectivity index is 1.96. The topological polar surface area (TPSA) is 104 Å². The van der Waals surface area contributed by atoms with Crippen molar-refractivity contribution in [2.45, 2.75) is 6.54 Å². The van der Waals surface area contributed by atoms with E-state index in [1.54, 1.807) is 6.33 Å². The van der Waals surface area contributed by atoms with Gasteiger partial charge in [-0.25, -0.2) is 19.4 Å². The molecule has 1 aromatic carbocycles. The van der Waals surface area contributed by atoms with Gasteiger partial charge in [0.05, 0.1) is 12.9 Å². The molecular formula is C14H11N7O. The Morgan fingerprint density at radius 1 is 1.09 bits per heavy atom. The van der Waals surface area contributed by atoms with E-state index in [1.807, 2.05) is 34.9 Å². The summed E-state index contributed by atoms with van der Waals surface area (Å²) >= 11 is 0. The number of rotatable bonds is 2. The molecule has 0 atom stereocenters. The average Bonchev–Trinajstić information content (AvgIpc) is 2.92. The van der Waals surface area contributed by atoms with Gasteiger partial charge in [0.2, 0.25) is 11.7 Å². The molecule has 8 nitrogen and oxygen atoms in total. The number of benzene rings is 1. The smallest absolute Gasteiger partial charge is 0.290 e. The van der Waals surface area contributed by atoms with E-state index in [0.29, 0.717) is 12.2 Å². The Hall–Kier alpha value is -3.29. The van der Waals surface area contributed by atoms with Crippen molar-refractivity contribution in [2.24, 2.45) is 0 Å². The van der Waals surface area contributed by atoms with Crippen molar-refractivity contribution in [2.75, 3.05) is 5.73 Å². The highest BCUT2D eigenvalue weighted by molar-refractivity contribution is 5.72. The van der Waals surface area contributed by atoms with E-state index in [1.165, 1.54) is 6.33 Å². The van der Waals surface area contributed by atoms with E-state index in [0.717, 1.165) is 9.96 Å². The van der Waals surface area contributed by atoms with Gasteiger partial charge in [-0.1, -0.05) is 30.3 Å². The van der Waals surface area contributed by atoms with E-state index in [-0.39, 0.29) is 22.8 Å². The lowest BCUT2D eigenvalue weighted by Gasteiger charge is -2.05. The van der Waals surface area contributed by atoms with E-state index in [4.69, 9.17) is 5.73 Å². The van der Waals surface area contributed by atoms with Gasteiger partial charge in [-0.15, -0.1) is 0 Å². The summed E-state index contributed by atoms with van der Waals surface area (Å²) in [6.07, 6.45) is 2.87. The molecular weight excluding hydrogens is 282 g/mol. The summed E-state index contributed by atoms with van der Waals surface area (Å²) in [4.78, 5) is 28.8. The summed E-state index contributed by atoms with van der Waals surface area (Å²) in [6.45, 7) is 0.570. The van der Waals surface area contributed by atoms with Gasteiger partial charge in [0, 0.05) is 0 Å². The number of hydrogen-bond donors (Lipinski definition) is 1. The molecule has 8 heteroatoms. The van der Waals surface area contributed by atoms with Crippen LogP contribution in [0.1, 0.15) is 5.56 Å². The minimum Gasteiger partial charge on any atom is -0.369 e. The van der Waals surface area contributed by atoms with Crippen LogP contribution in [-0.2, 0) is 6.54 Å². The highest BCUT2D eigenvalue weighted by atomic mass is 16.1. The maximum atomic E-state index is 12.5. The Morgan fingerprint density at radius 3 is 2.73 bits per heavy atom. The van der Waals surface area contributed by atoms with Gasteiger partial charge in [0.25, 0.3) is 5.56 Å². The van der Waals surface area contributed by atoms with Gasteiger partial charge in [-0.3, -0.25) is 4.79 Å². The summed E-state index contributed by atoms with van der Waals surface area (Å²) in [5, 5.41) is 0. The Kier molecular flexibility index (Phi) is 2.62. The predicted molar refractivity (Wildman–Crippen MR) is 80.3 cm³/mol. The van der Waals surface area contributed by atoms with Gasteiger partial charge in [0.1, 0.15) is 6.33 Å². The standard InChI is InChI=1S/C14H11N7O/c15-13-16-7-17-14-19-11-10(12(22)21(13)14)18-8-20(11)6-9-4-2-1-3-5-9/h1-5,7-8H,6H2,(H2,15,16,17,19). The molecule has 0 bridgehead atoms. The van der Waals surface area contributed by atoms with Crippen LogP contribution in [0.5, 0.6) is 0 Å². The van der Waals surface area contributed by atoms with Crippen molar-refractivity contribution in [3.8, 4) is 0 Å². The Labute approximate surface area is 123 Å². The zero-order valence-electron chi connectivity index (χ0n) is 11.4. The Morgan fingerprint density at radius 2 is 1.91 bits per heavy atom. The van der Waals surface area contributed by atoms with Crippen molar-refractivity contribution in [1.29, 1.82) is 0 Å². The van der Waals surface area contributed by atoms with Gasteiger partial charge >= 0.3 is 0 Å². The number of nitrogen functional groups attached to an aromatic ring is 1. The highest BCUT2D eigenvalue weighted by Crippen LogP contribution is 2.11. The molecule has 2 N–H and O–H groups in total. The summed E-state index contributed by atoms with van der Waals surface area (Å²) in [7, 11) is 0. The number of anilines is 1. The van der Waals surface area contributed by atoms with Gasteiger partial charge in [-0.2, -0.15) is 4.98 Å². The SMILES string of the molecule is Nc1ncnc2nc3c(ncn3Cc3ccccc3)c(=O)n12. The van der Waals surface area contributed by atoms with Crippen molar-refractivity contribution in [3.63, 3.8) is 0 Å². The number of fused-ring (bicyclic) bond motifs is 2. The lowest BCUT2D eigenvalue weighted by atomic mass is 10.2. The second-order valence-corrected chi connectivity index (χ2v) is 4.81. The van der Waals surface area contributed by atoms with Crippen LogP contribution in [0.2, 0.25) is 0 Å². The van der Waals surface area contributed by atoms with E-state index >= 15 is 0 Å². The van der Waals surface area contributed by atoms with Gasteiger partial charge in [0.15, 0.2) is 11.2 Å². The quantitative estimate of drug-likeness (QED) is 0.576. The molecule has 0 unspecified atom stereocenters. The third-order valence-corrected chi connectivity index (χ3v) is 3.41. The average molecular weight is 293 g/mol. The monoisotopic (exact) mass is 293 g/mol. The maximum Gasteiger partial charge on any atom is 0.290 e. The van der Waals surface area contributed by atoms with E-state index in [2.05, 4.69) is 19.9 Å². The summed E-state index contributed by atoms with van der Waals surface area (Å²) in [5.74, 6) is 0.252.